The fraction of sp³-hybridized carbons (Fsp3) is 0.143. The van der Waals surface area contributed by atoms with E-state index in [1.54, 1.807) is 31.2 Å². The first kappa shape index (κ1) is 21.4. The first-order valence-electron chi connectivity index (χ1n) is 8.12. The van der Waals surface area contributed by atoms with Gasteiger partial charge in [-0.3, -0.25) is 0 Å². The molecule has 0 aliphatic heterocycles. The van der Waals surface area contributed by atoms with E-state index in [9.17, 15) is 18.4 Å². The lowest BCUT2D eigenvalue weighted by atomic mass is 10.0. The molecule has 0 saturated carbocycles. The van der Waals surface area contributed by atoms with E-state index in [1.165, 1.54) is 31.2 Å². The van der Waals surface area contributed by atoms with Gasteiger partial charge in [-0.2, -0.15) is 8.78 Å². The number of esters is 1. The molecular weight excluding hydrogens is 386 g/mol. The highest BCUT2D eigenvalue weighted by atomic mass is 32.2. The van der Waals surface area contributed by atoms with Gasteiger partial charge < -0.3 is 8.92 Å². The Morgan fingerprint density at radius 3 is 1.79 bits per heavy atom. The molecule has 0 fully saturated rings. The Bertz CT molecular complexity index is 903. The van der Waals surface area contributed by atoms with Crippen molar-refractivity contribution in [2.75, 3.05) is 0 Å². The highest BCUT2D eigenvalue weighted by Crippen LogP contribution is 2.41. The molecule has 0 radical (unpaired) electrons. The van der Waals surface area contributed by atoms with Crippen molar-refractivity contribution in [3.63, 3.8) is 0 Å². The van der Waals surface area contributed by atoms with Gasteiger partial charge in [-0.1, -0.05) is 49.6 Å². The molecule has 0 amide bonds. The van der Waals surface area contributed by atoms with Gasteiger partial charge in [-0.15, -0.1) is 0 Å². The Kier molecular flexibility index (Phi) is 6.75. The van der Waals surface area contributed by atoms with Crippen LogP contribution in [0.25, 0.3) is 11.1 Å². The molecule has 2 aromatic carbocycles. The molecule has 7 heteroatoms. The predicted molar refractivity (Wildman–Crippen MR) is 105 cm³/mol. The van der Waals surface area contributed by atoms with E-state index in [0.29, 0.717) is 11.3 Å². The van der Waals surface area contributed by atoms with Crippen LogP contribution >= 0.6 is 12.0 Å². The van der Waals surface area contributed by atoms with Crippen molar-refractivity contribution in [2.45, 2.75) is 19.1 Å². The van der Waals surface area contributed by atoms with Crippen molar-refractivity contribution in [1.82, 2.24) is 0 Å². The minimum absolute atomic E-state index is 0.0380. The Hall–Kier alpha value is -2.93. The van der Waals surface area contributed by atoms with Crippen LogP contribution in [0.4, 0.5) is 8.78 Å². The summed E-state index contributed by atoms with van der Waals surface area (Å²) in [5.74, 6) is -1.06. The average molecular weight is 404 g/mol. The molecule has 2 rings (SSSR count). The van der Waals surface area contributed by atoms with E-state index in [-0.39, 0.29) is 28.8 Å². The number of rotatable bonds is 7. The smallest absolute Gasteiger partial charge is 0.354 e. The molecule has 0 N–H and O–H groups in total. The monoisotopic (exact) mass is 404 g/mol. The molecule has 0 spiro atoms. The van der Waals surface area contributed by atoms with Crippen LogP contribution < -0.4 is 4.74 Å². The lowest BCUT2D eigenvalue weighted by Gasteiger charge is -2.15. The van der Waals surface area contributed by atoms with E-state index >= 15 is 0 Å². The Labute approximate surface area is 166 Å². The molecule has 28 heavy (non-hydrogen) atoms. The van der Waals surface area contributed by atoms with Crippen LogP contribution in [-0.4, -0.2) is 11.9 Å². The summed E-state index contributed by atoms with van der Waals surface area (Å²) in [6.45, 7) is 9.77. The molecule has 0 aliphatic rings. The van der Waals surface area contributed by atoms with E-state index < -0.39 is 17.2 Å². The van der Waals surface area contributed by atoms with Gasteiger partial charge in [-0.25, -0.2) is 9.59 Å². The Morgan fingerprint density at radius 1 is 0.857 bits per heavy atom. The van der Waals surface area contributed by atoms with Crippen molar-refractivity contribution >= 4 is 24.0 Å². The van der Waals surface area contributed by atoms with Crippen LogP contribution in [0, 0.1) is 0 Å². The summed E-state index contributed by atoms with van der Waals surface area (Å²) in [6, 6.07) is 12.2. The minimum atomic E-state index is -3.40. The lowest BCUT2D eigenvalue weighted by Crippen LogP contribution is -2.11. The second-order valence-electron chi connectivity index (χ2n) is 6.02. The molecular formula is C21H18F2O4S. The third kappa shape index (κ3) is 5.53. The molecule has 0 heterocycles. The fourth-order valence-corrected chi connectivity index (χ4v) is 2.53. The SMILES string of the molecule is C=C(C)C(=O)OSC(F)(F)c1ccc(-c2ccc(OC(=O)C(=C)C)cc2)cc1. The van der Waals surface area contributed by atoms with Crippen molar-refractivity contribution in [1.29, 1.82) is 0 Å². The number of ether oxygens (including phenoxy) is 1. The van der Waals surface area contributed by atoms with Gasteiger partial charge >= 0.3 is 17.2 Å². The van der Waals surface area contributed by atoms with E-state index in [4.69, 9.17) is 4.74 Å². The third-order valence-electron chi connectivity index (χ3n) is 3.54. The number of hydrogen-bond donors (Lipinski definition) is 0. The second kappa shape index (κ2) is 8.84. The maximum Gasteiger partial charge on any atom is 0.354 e. The number of hydrogen-bond acceptors (Lipinski definition) is 5. The summed E-state index contributed by atoms with van der Waals surface area (Å²) in [7, 11) is 0. The van der Waals surface area contributed by atoms with Crippen LogP contribution in [0.1, 0.15) is 19.4 Å². The van der Waals surface area contributed by atoms with E-state index in [0.717, 1.165) is 5.56 Å². The normalized spacial score (nSPS) is 10.9. The van der Waals surface area contributed by atoms with Crippen LogP contribution in [0.5, 0.6) is 5.75 Å². The van der Waals surface area contributed by atoms with E-state index in [1.807, 2.05) is 0 Å². The standard InChI is InChI=1S/C21H18F2O4S/c1-13(2)19(24)26-18-11-7-16(8-12-18)15-5-9-17(10-6-15)21(22,23)28-27-20(25)14(3)4/h5-12H,1,3H2,2,4H3. The zero-order valence-corrected chi connectivity index (χ0v) is 16.1. The van der Waals surface area contributed by atoms with Crippen LogP contribution in [-0.2, 0) is 19.0 Å². The molecule has 0 aliphatic carbocycles. The topological polar surface area (TPSA) is 52.6 Å². The summed E-state index contributed by atoms with van der Waals surface area (Å²) in [5, 5.41) is -3.40. The summed E-state index contributed by atoms with van der Waals surface area (Å²) in [5.41, 5.74) is 1.47. The average Bonchev–Trinajstić information content (AvgIpc) is 2.66. The number of alkyl halides is 2. The van der Waals surface area contributed by atoms with Crippen molar-refractivity contribution in [3.05, 3.63) is 78.4 Å². The van der Waals surface area contributed by atoms with Gasteiger partial charge in [0.05, 0.1) is 0 Å². The van der Waals surface area contributed by atoms with Crippen LogP contribution in [0.3, 0.4) is 0 Å². The maximum absolute atomic E-state index is 14.2. The zero-order chi connectivity index (χ0) is 20.9. The first-order valence-corrected chi connectivity index (χ1v) is 8.86. The maximum atomic E-state index is 14.2. The quantitative estimate of drug-likeness (QED) is 0.258. The van der Waals surface area contributed by atoms with Gasteiger partial charge in [0, 0.05) is 16.7 Å². The number of halogens is 2. The zero-order valence-electron chi connectivity index (χ0n) is 15.3. The summed E-state index contributed by atoms with van der Waals surface area (Å²) in [6.07, 6.45) is 0. The van der Waals surface area contributed by atoms with E-state index in [2.05, 4.69) is 17.3 Å². The molecule has 2 aromatic rings. The molecule has 146 valence electrons. The summed E-state index contributed by atoms with van der Waals surface area (Å²) in [4.78, 5) is 22.8. The predicted octanol–water partition coefficient (Wildman–Crippen LogP) is 5.65. The summed E-state index contributed by atoms with van der Waals surface area (Å²) >= 11 is -0.219. The molecule has 4 nitrogen and oxygen atoms in total. The van der Waals surface area contributed by atoms with Gasteiger partial charge in [0.2, 0.25) is 0 Å². The van der Waals surface area contributed by atoms with Crippen molar-refractivity contribution in [2.24, 2.45) is 0 Å². The van der Waals surface area contributed by atoms with Gasteiger partial charge in [-0.05, 0) is 37.1 Å². The molecule has 0 atom stereocenters. The second-order valence-corrected chi connectivity index (χ2v) is 6.87. The number of benzene rings is 2. The molecule has 0 saturated heterocycles. The number of carbonyl (C=O) groups is 2. The lowest BCUT2D eigenvalue weighted by molar-refractivity contribution is -0.130. The Morgan fingerprint density at radius 2 is 1.32 bits per heavy atom. The molecule has 0 unspecified atom stereocenters. The van der Waals surface area contributed by atoms with Crippen LogP contribution in [0.15, 0.2) is 72.8 Å². The van der Waals surface area contributed by atoms with Gasteiger partial charge in [0.25, 0.3) is 0 Å². The largest absolute Gasteiger partial charge is 0.423 e. The minimum Gasteiger partial charge on any atom is -0.423 e. The third-order valence-corrected chi connectivity index (χ3v) is 4.22. The molecule has 0 bridgehead atoms. The van der Waals surface area contributed by atoms with Crippen molar-refractivity contribution in [3.8, 4) is 16.9 Å². The van der Waals surface area contributed by atoms with Crippen LogP contribution in [0.2, 0.25) is 0 Å². The van der Waals surface area contributed by atoms with Gasteiger partial charge in [0.1, 0.15) is 17.8 Å². The number of carbonyl (C=O) groups excluding carboxylic acids is 2. The Balaban J connectivity index is 2.09. The molecule has 0 aromatic heterocycles. The highest BCUT2D eigenvalue weighted by molar-refractivity contribution is 7.95. The summed E-state index contributed by atoms with van der Waals surface area (Å²) < 4.78 is 37.9. The fourth-order valence-electron chi connectivity index (χ4n) is 1.98. The first-order chi connectivity index (χ1) is 13.1. The van der Waals surface area contributed by atoms with Gasteiger partial charge in [0.15, 0.2) is 0 Å². The van der Waals surface area contributed by atoms with Crippen molar-refractivity contribution < 1.29 is 27.3 Å². The highest BCUT2D eigenvalue weighted by Gasteiger charge is 2.35.